The minimum Gasteiger partial charge on any atom is -0.497 e. The van der Waals surface area contributed by atoms with Crippen molar-refractivity contribution < 1.29 is 14.3 Å². The Bertz CT molecular complexity index is 1050. The number of ether oxygens (including phenoxy) is 2. The van der Waals surface area contributed by atoms with E-state index in [1.807, 2.05) is 36.4 Å². The Morgan fingerprint density at radius 1 is 1.22 bits per heavy atom. The largest absolute Gasteiger partial charge is 0.497 e. The minimum atomic E-state index is -0.724. The molecule has 0 aliphatic carbocycles. The number of benzene rings is 2. The Kier molecular flexibility index (Phi) is 5.70. The van der Waals surface area contributed by atoms with Gasteiger partial charge in [-0.15, -0.1) is 0 Å². The van der Waals surface area contributed by atoms with Gasteiger partial charge in [0.15, 0.2) is 0 Å². The summed E-state index contributed by atoms with van der Waals surface area (Å²) in [7, 11) is 1.57. The van der Waals surface area contributed by atoms with E-state index in [0.717, 1.165) is 10.9 Å². The number of pyridine rings is 1. The third-order valence-electron chi connectivity index (χ3n) is 3.88. The van der Waals surface area contributed by atoms with Crippen LogP contribution in [0.2, 0.25) is 5.15 Å². The number of nitriles is 1. The first-order chi connectivity index (χ1) is 13.1. The van der Waals surface area contributed by atoms with Crippen LogP contribution in [0.4, 0.5) is 0 Å². The van der Waals surface area contributed by atoms with Crippen molar-refractivity contribution in [2.24, 2.45) is 0 Å². The Balaban J connectivity index is 1.74. The highest BCUT2D eigenvalue weighted by Gasteiger charge is 2.13. The summed E-state index contributed by atoms with van der Waals surface area (Å²) in [5, 5.41) is 10.4. The highest BCUT2D eigenvalue weighted by molar-refractivity contribution is 6.30. The standard InChI is InChI=1S/C21H15ClN2O3/c1-26-18-8-6-14(7-9-18)10-16(12-23)21(25)27-13-17-11-15-4-2-3-5-19(15)24-20(17)22/h2-11H,13H2,1H3/b16-10+. The molecule has 0 atom stereocenters. The maximum atomic E-state index is 12.2. The molecule has 0 N–H and O–H groups in total. The van der Waals surface area contributed by atoms with Gasteiger partial charge in [0.05, 0.1) is 12.6 Å². The van der Waals surface area contributed by atoms with Crippen molar-refractivity contribution in [2.75, 3.05) is 7.11 Å². The van der Waals surface area contributed by atoms with Gasteiger partial charge in [-0.3, -0.25) is 0 Å². The summed E-state index contributed by atoms with van der Waals surface area (Å²) in [4.78, 5) is 16.5. The van der Waals surface area contributed by atoms with Gasteiger partial charge in [-0.1, -0.05) is 41.9 Å². The van der Waals surface area contributed by atoms with Crippen LogP contribution in [-0.4, -0.2) is 18.1 Å². The Labute approximate surface area is 161 Å². The molecule has 2 aromatic carbocycles. The molecule has 3 aromatic rings. The summed E-state index contributed by atoms with van der Waals surface area (Å²) in [6.07, 6.45) is 1.46. The molecule has 0 unspecified atom stereocenters. The van der Waals surface area contributed by atoms with Crippen LogP contribution in [0.1, 0.15) is 11.1 Å². The van der Waals surface area contributed by atoms with Gasteiger partial charge in [0.1, 0.15) is 29.2 Å². The maximum Gasteiger partial charge on any atom is 0.349 e. The summed E-state index contributed by atoms with van der Waals surface area (Å²) < 4.78 is 10.3. The van der Waals surface area contributed by atoms with Gasteiger partial charge in [0.25, 0.3) is 0 Å². The van der Waals surface area contributed by atoms with Crippen molar-refractivity contribution in [1.82, 2.24) is 4.98 Å². The topological polar surface area (TPSA) is 72.2 Å². The van der Waals surface area contributed by atoms with Crippen molar-refractivity contribution in [3.63, 3.8) is 0 Å². The molecule has 5 nitrogen and oxygen atoms in total. The van der Waals surface area contributed by atoms with Crippen LogP contribution in [0.5, 0.6) is 5.75 Å². The lowest BCUT2D eigenvalue weighted by molar-refractivity contribution is -0.139. The fourth-order valence-corrected chi connectivity index (χ4v) is 2.66. The summed E-state index contributed by atoms with van der Waals surface area (Å²) in [5.74, 6) is -0.0378. The smallest absolute Gasteiger partial charge is 0.349 e. The predicted molar refractivity (Wildman–Crippen MR) is 103 cm³/mol. The molecular formula is C21H15ClN2O3. The Morgan fingerprint density at radius 2 is 1.96 bits per heavy atom. The van der Waals surface area contributed by atoms with E-state index in [0.29, 0.717) is 16.9 Å². The van der Waals surface area contributed by atoms with Gasteiger partial charge in [-0.2, -0.15) is 5.26 Å². The molecule has 0 saturated heterocycles. The lowest BCUT2D eigenvalue weighted by Crippen LogP contribution is -2.07. The van der Waals surface area contributed by atoms with E-state index in [1.54, 1.807) is 31.4 Å². The number of aromatic nitrogens is 1. The zero-order chi connectivity index (χ0) is 19.2. The summed E-state index contributed by atoms with van der Waals surface area (Å²) in [6.45, 7) is -0.0723. The maximum absolute atomic E-state index is 12.2. The quantitative estimate of drug-likeness (QED) is 0.282. The van der Waals surface area contributed by atoms with Crippen LogP contribution in [0.15, 0.2) is 60.2 Å². The number of rotatable bonds is 5. The first kappa shape index (κ1) is 18.4. The molecule has 1 aromatic heterocycles. The van der Waals surface area contributed by atoms with E-state index in [4.69, 9.17) is 21.1 Å². The minimum absolute atomic E-state index is 0.0723. The zero-order valence-electron chi connectivity index (χ0n) is 14.5. The number of methoxy groups -OCH3 is 1. The molecule has 0 fully saturated rings. The van der Waals surface area contributed by atoms with Crippen molar-refractivity contribution in [3.05, 3.63) is 76.5 Å². The number of carbonyl (C=O) groups excluding carboxylic acids is 1. The first-order valence-electron chi connectivity index (χ1n) is 8.08. The molecule has 3 rings (SSSR count). The predicted octanol–water partition coefficient (Wildman–Crippen LogP) is 4.55. The third-order valence-corrected chi connectivity index (χ3v) is 4.20. The van der Waals surface area contributed by atoms with Gasteiger partial charge < -0.3 is 9.47 Å². The zero-order valence-corrected chi connectivity index (χ0v) is 15.2. The molecule has 0 radical (unpaired) electrons. The number of para-hydroxylation sites is 1. The van der Waals surface area contributed by atoms with E-state index in [-0.39, 0.29) is 17.3 Å². The normalized spacial score (nSPS) is 11.1. The Hall–Kier alpha value is -3.36. The molecule has 0 aliphatic heterocycles. The molecule has 0 saturated carbocycles. The number of halogens is 1. The Morgan fingerprint density at radius 3 is 2.67 bits per heavy atom. The fraction of sp³-hybridized carbons (Fsp3) is 0.0952. The molecule has 0 amide bonds. The van der Waals surface area contributed by atoms with Gasteiger partial charge in [-0.05, 0) is 35.9 Å². The van der Waals surface area contributed by atoms with Crippen molar-refractivity contribution in [3.8, 4) is 11.8 Å². The van der Waals surface area contributed by atoms with Crippen LogP contribution in [0.25, 0.3) is 17.0 Å². The van der Waals surface area contributed by atoms with Gasteiger partial charge in [0, 0.05) is 10.9 Å². The second-order valence-corrected chi connectivity index (χ2v) is 6.01. The lowest BCUT2D eigenvalue weighted by Gasteiger charge is -2.07. The highest BCUT2D eigenvalue weighted by atomic mass is 35.5. The van der Waals surface area contributed by atoms with Gasteiger partial charge >= 0.3 is 5.97 Å². The monoisotopic (exact) mass is 378 g/mol. The molecule has 0 aliphatic rings. The molecule has 6 heteroatoms. The lowest BCUT2D eigenvalue weighted by atomic mass is 10.1. The third kappa shape index (κ3) is 4.43. The van der Waals surface area contributed by atoms with Crippen molar-refractivity contribution in [1.29, 1.82) is 5.26 Å². The van der Waals surface area contributed by atoms with Crippen molar-refractivity contribution in [2.45, 2.75) is 6.61 Å². The van der Waals surface area contributed by atoms with E-state index in [1.165, 1.54) is 6.08 Å². The summed E-state index contributed by atoms with van der Waals surface area (Å²) in [5.41, 5.74) is 1.92. The molecular weight excluding hydrogens is 364 g/mol. The number of esters is 1. The van der Waals surface area contributed by atoms with Crippen molar-refractivity contribution >= 4 is 34.5 Å². The van der Waals surface area contributed by atoms with E-state index >= 15 is 0 Å². The second kappa shape index (κ2) is 8.35. The van der Waals surface area contributed by atoms with Crippen LogP contribution in [0.3, 0.4) is 0 Å². The molecule has 134 valence electrons. The van der Waals surface area contributed by atoms with E-state index < -0.39 is 5.97 Å². The number of fused-ring (bicyclic) bond motifs is 1. The second-order valence-electron chi connectivity index (χ2n) is 5.65. The number of carbonyl (C=O) groups is 1. The summed E-state index contributed by atoms with van der Waals surface area (Å²) in [6, 6.07) is 18.2. The van der Waals surface area contributed by atoms with Gasteiger partial charge in [0.2, 0.25) is 0 Å². The SMILES string of the molecule is COc1ccc(/C=C(\C#N)C(=O)OCc2cc3ccccc3nc2Cl)cc1. The van der Waals surface area contributed by atoms with E-state index in [2.05, 4.69) is 4.98 Å². The van der Waals surface area contributed by atoms with Gasteiger partial charge in [-0.25, -0.2) is 9.78 Å². The molecule has 27 heavy (non-hydrogen) atoms. The van der Waals surface area contributed by atoms with Crippen LogP contribution >= 0.6 is 11.6 Å². The first-order valence-corrected chi connectivity index (χ1v) is 8.45. The number of hydrogen-bond donors (Lipinski definition) is 0. The number of nitrogens with zero attached hydrogens (tertiary/aromatic N) is 2. The molecule has 0 spiro atoms. The average Bonchev–Trinajstić information content (AvgIpc) is 2.70. The van der Waals surface area contributed by atoms with E-state index in [9.17, 15) is 10.1 Å². The van der Waals surface area contributed by atoms with Crippen LogP contribution in [0, 0.1) is 11.3 Å². The molecule has 1 heterocycles. The summed E-state index contributed by atoms with van der Waals surface area (Å²) >= 11 is 6.16. The fourth-order valence-electron chi connectivity index (χ4n) is 2.46. The number of hydrogen-bond acceptors (Lipinski definition) is 5. The molecule has 0 bridgehead atoms. The van der Waals surface area contributed by atoms with Crippen LogP contribution in [-0.2, 0) is 16.1 Å². The van der Waals surface area contributed by atoms with Crippen LogP contribution < -0.4 is 4.74 Å². The highest BCUT2D eigenvalue weighted by Crippen LogP contribution is 2.21. The average molecular weight is 379 g/mol.